The van der Waals surface area contributed by atoms with Crippen molar-refractivity contribution in [3.63, 3.8) is 0 Å². The highest BCUT2D eigenvalue weighted by Crippen LogP contribution is 2.68. The van der Waals surface area contributed by atoms with Crippen LogP contribution in [0.4, 0.5) is 0 Å². The monoisotopic (exact) mass is 188 g/mol. The molecule has 1 nitrogen and oxygen atoms in total. The van der Waals surface area contributed by atoms with Gasteiger partial charge >= 0.3 is 0 Å². The number of hydrogen-bond donors (Lipinski definition) is 1. The molecule has 72 valence electrons. The summed E-state index contributed by atoms with van der Waals surface area (Å²) in [5.74, 6) is 0. The molecule has 0 unspecified atom stereocenters. The fourth-order valence-electron chi connectivity index (χ4n) is 2.75. The van der Waals surface area contributed by atoms with Crippen LogP contribution in [-0.2, 0) is 0 Å². The zero-order valence-corrected chi connectivity index (χ0v) is 9.82. The smallest absolute Gasteiger partial charge is 0.0851 e. The van der Waals surface area contributed by atoms with Gasteiger partial charge in [0.15, 0.2) is 0 Å². The summed E-state index contributed by atoms with van der Waals surface area (Å²) in [5.41, 5.74) is 2.01. The Labute approximate surface area is 77.7 Å². The molecule has 1 fully saturated rings. The predicted molar refractivity (Wildman–Crippen MR) is 59.3 cm³/mol. The average molecular weight is 188 g/mol. The molecule has 1 aliphatic rings. The maximum Gasteiger partial charge on any atom is 0.0851 e. The largest absolute Gasteiger partial charge is 0.195 e. The Morgan fingerprint density at radius 1 is 1.17 bits per heavy atom. The summed E-state index contributed by atoms with van der Waals surface area (Å²) >= 11 is 0. The molecule has 1 saturated heterocycles. The first-order valence-electron chi connectivity index (χ1n) is 5.23. The molecular formula is C10H23NP+. The lowest BCUT2D eigenvalue weighted by Crippen LogP contribution is -2.23. The van der Waals surface area contributed by atoms with Gasteiger partial charge in [-0.3, -0.25) is 0 Å². The third kappa shape index (κ3) is 1.54. The van der Waals surface area contributed by atoms with Crippen LogP contribution in [0.15, 0.2) is 0 Å². The zero-order chi connectivity index (χ0) is 9.19. The van der Waals surface area contributed by atoms with Gasteiger partial charge in [-0.05, 0) is 25.7 Å². The van der Waals surface area contributed by atoms with E-state index in [1.54, 1.807) is 0 Å². The first-order valence-corrected chi connectivity index (χ1v) is 7.61. The Kier molecular flexibility index (Phi) is 3.55. The molecule has 12 heavy (non-hydrogen) atoms. The zero-order valence-electron chi connectivity index (χ0n) is 8.93. The van der Waals surface area contributed by atoms with E-state index in [9.17, 15) is 0 Å². The van der Waals surface area contributed by atoms with E-state index in [1.807, 2.05) is 0 Å². The molecule has 1 rings (SSSR count). The Balaban J connectivity index is 2.72. The van der Waals surface area contributed by atoms with E-state index in [1.165, 1.54) is 25.7 Å². The van der Waals surface area contributed by atoms with Gasteiger partial charge in [-0.1, -0.05) is 13.8 Å². The van der Waals surface area contributed by atoms with Crippen molar-refractivity contribution in [2.75, 3.05) is 13.7 Å². The van der Waals surface area contributed by atoms with Crippen LogP contribution in [0.25, 0.3) is 0 Å². The summed E-state index contributed by atoms with van der Waals surface area (Å²) in [6, 6.07) is 0. The van der Waals surface area contributed by atoms with Crippen LogP contribution in [0.1, 0.15) is 39.5 Å². The lowest BCUT2D eigenvalue weighted by atomic mass is 10.1. The van der Waals surface area contributed by atoms with Crippen LogP contribution in [0.2, 0.25) is 0 Å². The van der Waals surface area contributed by atoms with E-state index in [2.05, 4.69) is 32.6 Å². The summed E-state index contributed by atoms with van der Waals surface area (Å²) in [6.45, 7) is 7.21. The SMILES string of the molecule is CC[C@@H]1CC[C@@H](CC)[P+]1(C)NC. The molecule has 0 aliphatic carbocycles. The van der Waals surface area contributed by atoms with E-state index < -0.39 is 7.41 Å². The molecule has 1 heterocycles. The summed E-state index contributed by atoms with van der Waals surface area (Å²) in [6.07, 6.45) is 5.70. The maximum absolute atomic E-state index is 3.65. The lowest BCUT2D eigenvalue weighted by Gasteiger charge is -2.28. The normalized spacial score (nSPS) is 34.0. The quantitative estimate of drug-likeness (QED) is 0.671. The van der Waals surface area contributed by atoms with Gasteiger partial charge in [-0.2, -0.15) is 5.09 Å². The van der Waals surface area contributed by atoms with Crippen molar-refractivity contribution in [2.45, 2.75) is 50.8 Å². The van der Waals surface area contributed by atoms with Gasteiger partial charge in [0.1, 0.15) is 0 Å². The number of rotatable bonds is 3. The van der Waals surface area contributed by atoms with E-state index in [0.717, 1.165) is 11.3 Å². The van der Waals surface area contributed by atoms with Gasteiger partial charge < -0.3 is 0 Å². The van der Waals surface area contributed by atoms with Crippen molar-refractivity contribution in [2.24, 2.45) is 0 Å². The van der Waals surface area contributed by atoms with Gasteiger partial charge in [-0.15, -0.1) is 0 Å². The molecule has 2 atom stereocenters. The molecule has 0 aromatic rings. The minimum atomic E-state index is -0.771. The second-order valence-electron chi connectivity index (χ2n) is 4.07. The summed E-state index contributed by atoms with van der Waals surface area (Å²) in [7, 11) is 1.40. The Morgan fingerprint density at radius 2 is 1.58 bits per heavy atom. The van der Waals surface area contributed by atoms with E-state index in [-0.39, 0.29) is 0 Å². The summed E-state index contributed by atoms with van der Waals surface area (Å²) in [5, 5.41) is 3.65. The molecule has 0 spiro atoms. The molecule has 0 amide bonds. The third-order valence-corrected chi connectivity index (χ3v) is 9.02. The van der Waals surface area contributed by atoms with Crippen LogP contribution in [-0.4, -0.2) is 25.0 Å². The molecule has 2 heteroatoms. The topological polar surface area (TPSA) is 12.0 Å². The van der Waals surface area contributed by atoms with Crippen molar-refractivity contribution < 1.29 is 0 Å². The lowest BCUT2D eigenvalue weighted by molar-refractivity contribution is 0.696. The maximum atomic E-state index is 3.65. The Morgan fingerprint density at radius 3 is 1.83 bits per heavy atom. The molecule has 1 N–H and O–H groups in total. The first-order chi connectivity index (χ1) is 5.69. The van der Waals surface area contributed by atoms with Gasteiger partial charge in [0, 0.05) is 7.05 Å². The number of nitrogens with one attached hydrogen (secondary N) is 1. The minimum absolute atomic E-state index is 0.771. The van der Waals surface area contributed by atoms with Crippen molar-refractivity contribution in [1.82, 2.24) is 5.09 Å². The van der Waals surface area contributed by atoms with Crippen LogP contribution >= 0.6 is 7.41 Å². The summed E-state index contributed by atoms with van der Waals surface area (Å²) < 4.78 is 0. The van der Waals surface area contributed by atoms with E-state index >= 15 is 0 Å². The Bertz CT molecular complexity index is 135. The van der Waals surface area contributed by atoms with Gasteiger partial charge in [-0.25, -0.2) is 0 Å². The van der Waals surface area contributed by atoms with Crippen molar-refractivity contribution in [3.8, 4) is 0 Å². The van der Waals surface area contributed by atoms with Gasteiger partial charge in [0.25, 0.3) is 0 Å². The highest BCUT2D eigenvalue weighted by atomic mass is 31.2. The molecule has 0 bridgehead atoms. The predicted octanol–water partition coefficient (Wildman–Crippen LogP) is 3.12. The minimum Gasteiger partial charge on any atom is -0.195 e. The second kappa shape index (κ2) is 4.07. The molecule has 0 aromatic carbocycles. The van der Waals surface area contributed by atoms with Crippen molar-refractivity contribution >= 4 is 7.41 Å². The fraction of sp³-hybridized carbons (Fsp3) is 1.00. The molecule has 0 aromatic heterocycles. The van der Waals surface area contributed by atoms with Crippen LogP contribution in [0, 0.1) is 0 Å². The van der Waals surface area contributed by atoms with Crippen LogP contribution in [0.3, 0.4) is 0 Å². The highest BCUT2D eigenvalue weighted by Gasteiger charge is 2.50. The highest BCUT2D eigenvalue weighted by molar-refractivity contribution is 7.74. The second-order valence-corrected chi connectivity index (χ2v) is 8.27. The van der Waals surface area contributed by atoms with Gasteiger partial charge in [0.2, 0.25) is 0 Å². The molecule has 0 saturated carbocycles. The molecular weight excluding hydrogens is 165 g/mol. The molecule has 1 aliphatic heterocycles. The summed E-state index contributed by atoms with van der Waals surface area (Å²) in [4.78, 5) is 0. The first kappa shape index (κ1) is 10.5. The van der Waals surface area contributed by atoms with E-state index in [0.29, 0.717) is 0 Å². The fourth-order valence-corrected chi connectivity index (χ4v) is 6.97. The van der Waals surface area contributed by atoms with Crippen molar-refractivity contribution in [3.05, 3.63) is 0 Å². The van der Waals surface area contributed by atoms with Crippen LogP contribution < -0.4 is 5.09 Å². The third-order valence-electron chi connectivity index (χ3n) is 3.77. The van der Waals surface area contributed by atoms with Crippen LogP contribution in [0.5, 0.6) is 0 Å². The number of hydrogen-bond acceptors (Lipinski definition) is 1. The standard InChI is InChI=1S/C10H23NP/c1-5-9-7-8-10(6-2)12(9,4)11-3/h9-11H,5-8H2,1-4H3/q+1/t9-,10-/m1/s1. The molecule has 0 radical (unpaired) electrons. The van der Waals surface area contributed by atoms with E-state index in [4.69, 9.17) is 0 Å². The average Bonchev–Trinajstić information content (AvgIpc) is 2.42. The van der Waals surface area contributed by atoms with Gasteiger partial charge in [0.05, 0.1) is 25.4 Å². The van der Waals surface area contributed by atoms with Crippen molar-refractivity contribution in [1.29, 1.82) is 0 Å². The Hall–Kier alpha value is 0.390.